The van der Waals surface area contributed by atoms with Crippen LogP contribution in [0.25, 0.3) is 0 Å². The first-order chi connectivity index (χ1) is 13.2. The summed E-state index contributed by atoms with van der Waals surface area (Å²) in [5.41, 5.74) is 0.374. The summed E-state index contributed by atoms with van der Waals surface area (Å²) in [6.07, 6.45) is 2.13. The molecular formula is C19H30N2O5S2. The third-order valence-corrected chi connectivity index (χ3v) is 8.92. The Kier molecular flexibility index (Phi) is 7.64. The van der Waals surface area contributed by atoms with E-state index in [1.807, 2.05) is 6.92 Å². The molecule has 0 N–H and O–H groups in total. The standard InChI is InChI=1S/C19H30N2O5S2/c1-4-7-13-21(17-12-14-27(23,24)15-17)19(22)16-8-10-18(11-9-16)28(25,26)20(5-2)6-3/h8-11,17H,4-7,12-15H2,1-3H3/t17-/m1/s1. The van der Waals surface area contributed by atoms with Gasteiger partial charge in [-0.3, -0.25) is 4.79 Å². The van der Waals surface area contributed by atoms with Crippen molar-refractivity contribution in [2.75, 3.05) is 31.1 Å². The van der Waals surface area contributed by atoms with Gasteiger partial charge in [0, 0.05) is 31.2 Å². The first-order valence-corrected chi connectivity index (χ1v) is 13.0. The third-order valence-electron chi connectivity index (χ3n) is 5.11. The van der Waals surface area contributed by atoms with Crippen molar-refractivity contribution in [2.24, 2.45) is 0 Å². The van der Waals surface area contributed by atoms with Gasteiger partial charge in [-0.2, -0.15) is 4.31 Å². The molecule has 158 valence electrons. The number of sulfonamides is 1. The van der Waals surface area contributed by atoms with Gasteiger partial charge in [0.2, 0.25) is 10.0 Å². The van der Waals surface area contributed by atoms with Crippen LogP contribution in [0.1, 0.15) is 50.4 Å². The summed E-state index contributed by atoms with van der Waals surface area (Å²) in [6.45, 7) is 6.82. The molecule has 9 heteroatoms. The van der Waals surface area contributed by atoms with Gasteiger partial charge in [-0.1, -0.05) is 27.2 Å². The second-order valence-corrected chi connectivity index (χ2v) is 11.2. The van der Waals surface area contributed by atoms with Crippen LogP contribution in [0, 0.1) is 0 Å². The van der Waals surface area contributed by atoms with E-state index in [9.17, 15) is 21.6 Å². The summed E-state index contributed by atoms with van der Waals surface area (Å²) in [4.78, 5) is 14.8. The van der Waals surface area contributed by atoms with Crippen molar-refractivity contribution in [3.63, 3.8) is 0 Å². The molecule has 2 rings (SSSR count). The zero-order chi connectivity index (χ0) is 20.9. The van der Waals surface area contributed by atoms with E-state index in [0.717, 1.165) is 12.8 Å². The predicted molar refractivity (Wildman–Crippen MR) is 110 cm³/mol. The summed E-state index contributed by atoms with van der Waals surface area (Å²) in [7, 11) is -6.68. The lowest BCUT2D eigenvalue weighted by molar-refractivity contribution is 0.0694. The van der Waals surface area contributed by atoms with Crippen LogP contribution in [0.2, 0.25) is 0 Å². The van der Waals surface area contributed by atoms with Crippen LogP contribution in [0.4, 0.5) is 0 Å². The van der Waals surface area contributed by atoms with E-state index in [4.69, 9.17) is 0 Å². The van der Waals surface area contributed by atoms with Crippen molar-refractivity contribution in [1.29, 1.82) is 0 Å². The molecule has 1 aliphatic rings. The largest absolute Gasteiger partial charge is 0.335 e. The molecule has 1 heterocycles. The fourth-order valence-corrected chi connectivity index (χ4v) is 6.64. The van der Waals surface area contributed by atoms with Gasteiger partial charge in [-0.15, -0.1) is 0 Å². The molecule has 7 nitrogen and oxygen atoms in total. The van der Waals surface area contributed by atoms with E-state index in [-0.39, 0.29) is 28.4 Å². The van der Waals surface area contributed by atoms with E-state index in [0.29, 0.717) is 31.6 Å². The molecule has 0 radical (unpaired) electrons. The molecule has 1 saturated heterocycles. The lowest BCUT2D eigenvalue weighted by atomic mass is 10.1. The first-order valence-electron chi connectivity index (χ1n) is 9.77. The van der Waals surface area contributed by atoms with Crippen LogP contribution in [-0.4, -0.2) is 69.1 Å². The maximum Gasteiger partial charge on any atom is 0.254 e. The highest BCUT2D eigenvalue weighted by atomic mass is 32.2. The van der Waals surface area contributed by atoms with Crippen LogP contribution in [-0.2, 0) is 19.9 Å². The average molecular weight is 431 g/mol. The monoisotopic (exact) mass is 430 g/mol. The van der Waals surface area contributed by atoms with Crippen molar-refractivity contribution in [2.45, 2.75) is 51.0 Å². The normalized spacial score (nSPS) is 19.1. The number of sulfone groups is 1. The van der Waals surface area contributed by atoms with Gasteiger partial charge < -0.3 is 4.90 Å². The Hall–Kier alpha value is -1.45. The molecule has 0 aromatic heterocycles. The number of rotatable bonds is 9. The van der Waals surface area contributed by atoms with Crippen molar-refractivity contribution in [1.82, 2.24) is 9.21 Å². The van der Waals surface area contributed by atoms with Crippen LogP contribution >= 0.6 is 0 Å². The third kappa shape index (κ3) is 5.12. The number of benzene rings is 1. The molecule has 0 bridgehead atoms. The Morgan fingerprint density at radius 2 is 1.71 bits per heavy atom. The van der Waals surface area contributed by atoms with Gasteiger partial charge >= 0.3 is 0 Å². The molecule has 1 amide bonds. The fourth-order valence-electron chi connectivity index (χ4n) is 3.45. The van der Waals surface area contributed by atoms with Gasteiger partial charge in [-0.25, -0.2) is 16.8 Å². The number of hydrogen-bond acceptors (Lipinski definition) is 5. The van der Waals surface area contributed by atoms with Gasteiger partial charge in [0.1, 0.15) is 0 Å². The van der Waals surface area contributed by atoms with E-state index >= 15 is 0 Å². The van der Waals surface area contributed by atoms with Crippen LogP contribution in [0.5, 0.6) is 0 Å². The first kappa shape index (κ1) is 22.8. The Morgan fingerprint density at radius 3 is 2.18 bits per heavy atom. The number of amides is 1. The molecule has 1 aliphatic heterocycles. The Labute approximate surface area is 168 Å². The van der Waals surface area contributed by atoms with E-state index in [2.05, 4.69) is 0 Å². The molecule has 1 aromatic rings. The summed E-state index contributed by atoms with van der Waals surface area (Å²) >= 11 is 0. The Morgan fingerprint density at radius 1 is 1.11 bits per heavy atom. The van der Waals surface area contributed by atoms with Gasteiger partial charge in [-0.05, 0) is 37.1 Å². The lowest BCUT2D eigenvalue weighted by Gasteiger charge is -2.28. The predicted octanol–water partition coefficient (Wildman–Crippen LogP) is 2.15. The molecule has 0 aliphatic carbocycles. The molecule has 1 aromatic carbocycles. The Bertz CT molecular complexity index is 875. The topological polar surface area (TPSA) is 91.8 Å². The molecule has 1 fully saturated rings. The smallest absolute Gasteiger partial charge is 0.254 e. The lowest BCUT2D eigenvalue weighted by Crippen LogP contribution is -2.41. The second-order valence-electron chi connectivity index (χ2n) is 7.02. The second kappa shape index (κ2) is 9.37. The summed E-state index contributed by atoms with van der Waals surface area (Å²) in [5.74, 6) is -0.145. The average Bonchev–Trinajstić information content (AvgIpc) is 3.02. The molecule has 0 saturated carbocycles. The number of nitrogens with zero attached hydrogens (tertiary/aromatic N) is 2. The van der Waals surface area contributed by atoms with E-state index in [1.165, 1.54) is 28.6 Å². The van der Waals surface area contributed by atoms with Crippen molar-refractivity contribution < 1.29 is 21.6 Å². The zero-order valence-corrected chi connectivity index (χ0v) is 18.4. The highest BCUT2D eigenvalue weighted by Crippen LogP contribution is 2.22. The van der Waals surface area contributed by atoms with Crippen molar-refractivity contribution >= 4 is 25.8 Å². The minimum Gasteiger partial charge on any atom is -0.335 e. The summed E-state index contributed by atoms with van der Waals surface area (Å²) in [5, 5.41) is 0. The molecule has 28 heavy (non-hydrogen) atoms. The van der Waals surface area contributed by atoms with Gasteiger partial charge in [0.25, 0.3) is 5.91 Å². The minimum atomic E-state index is -3.58. The highest BCUT2D eigenvalue weighted by Gasteiger charge is 2.34. The Balaban J connectivity index is 2.25. The summed E-state index contributed by atoms with van der Waals surface area (Å²) < 4.78 is 50.2. The van der Waals surface area contributed by atoms with Crippen LogP contribution in [0.15, 0.2) is 29.2 Å². The van der Waals surface area contributed by atoms with Crippen molar-refractivity contribution in [3.05, 3.63) is 29.8 Å². The molecular weight excluding hydrogens is 400 g/mol. The zero-order valence-electron chi connectivity index (χ0n) is 16.8. The molecule has 1 atom stereocenters. The van der Waals surface area contributed by atoms with Crippen LogP contribution < -0.4 is 0 Å². The molecule has 0 spiro atoms. The van der Waals surface area contributed by atoms with Crippen molar-refractivity contribution in [3.8, 4) is 0 Å². The van der Waals surface area contributed by atoms with Gasteiger partial charge in [0.15, 0.2) is 9.84 Å². The summed E-state index contributed by atoms with van der Waals surface area (Å²) in [6, 6.07) is 5.61. The molecule has 0 unspecified atom stereocenters. The highest BCUT2D eigenvalue weighted by molar-refractivity contribution is 7.91. The SMILES string of the molecule is CCCCN(C(=O)c1ccc(S(=O)(=O)N(CC)CC)cc1)[C@@H]1CCS(=O)(=O)C1. The van der Waals surface area contributed by atoms with Crippen LogP contribution in [0.3, 0.4) is 0 Å². The number of carbonyl (C=O) groups is 1. The number of carbonyl (C=O) groups excluding carboxylic acids is 1. The number of hydrogen-bond donors (Lipinski definition) is 0. The quantitative estimate of drug-likeness (QED) is 0.599. The van der Waals surface area contributed by atoms with Gasteiger partial charge in [0.05, 0.1) is 16.4 Å². The maximum atomic E-state index is 13.0. The number of unbranched alkanes of at least 4 members (excludes halogenated alkanes) is 1. The minimum absolute atomic E-state index is 0.00310. The van der Waals surface area contributed by atoms with E-state index < -0.39 is 19.9 Å². The van der Waals surface area contributed by atoms with E-state index in [1.54, 1.807) is 18.7 Å². The maximum absolute atomic E-state index is 13.0. The fraction of sp³-hybridized carbons (Fsp3) is 0.632.